The molecule has 0 atom stereocenters. The average Bonchev–Trinajstić information content (AvgIpc) is 2.82. The zero-order valence-corrected chi connectivity index (χ0v) is 23.2. The van der Waals surface area contributed by atoms with Gasteiger partial charge in [-0.05, 0) is 50.3 Å². The van der Waals surface area contributed by atoms with E-state index < -0.39 is 31.2 Å². The molecule has 0 radical (unpaired) electrons. The van der Waals surface area contributed by atoms with Crippen LogP contribution in [0, 0.1) is 11.3 Å². The Morgan fingerprint density at radius 2 is 1.68 bits per heavy atom. The summed E-state index contributed by atoms with van der Waals surface area (Å²) in [5.74, 6) is 0.734. The molecule has 0 aliphatic rings. The van der Waals surface area contributed by atoms with Crippen molar-refractivity contribution in [3.63, 3.8) is 0 Å². The first-order valence-corrected chi connectivity index (χ1v) is 14.4. The SMILES string of the molecule is CC(C)C(C)(C)C(=O)OCCCCCCSc1ncc(-c2ccc(S(=O)(=O)C(F)(F)F)cc2)c(=O)n1C. The summed E-state index contributed by atoms with van der Waals surface area (Å²) in [6.45, 7) is 8.13. The van der Waals surface area contributed by atoms with Crippen molar-refractivity contribution in [2.45, 2.75) is 68.9 Å². The molecular formula is C25H33F3N2O5S2. The van der Waals surface area contributed by atoms with Gasteiger partial charge >= 0.3 is 11.5 Å². The van der Waals surface area contributed by atoms with Crippen LogP contribution in [-0.4, -0.2) is 41.8 Å². The highest BCUT2D eigenvalue weighted by atomic mass is 32.2. The molecule has 0 fully saturated rings. The minimum absolute atomic E-state index is 0.151. The van der Waals surface area contributed by atoms with Crippen LogP contribution in [0.25, 0.3) is 11.1 Å². The Labute approximate surface area is 219 Å². The highest BCUT2D eigenvalue weighted by Gasteiger charge is 2.46. The molecule has 2 rings (SSSR count). The molecule has 0 saturated heterocycles. The maximum absolute atomic E-state index is 12.8. The van der Waals surface area contributed by atoms with E-state index >= 15 is 0 Å². The Morgan fingerprint density at radius 1 is 1.08 bits per heavy atom. The van der Waals surface area contributed by atoms with Gasteiger partial charge in [0.15, 0.2) is 5.16 Å². The van der Waals surface area contributed by atoms with Crippen LogP contribution in [-0.2, 0) is 26.4 Å². The number of carbonyl (C=O) groups is 1. The highest BCUT2D eigenvalue weighted by molar-refractivity contribution is 7.99. The first-order valence-electron chi connectivity index (χ1n) is 11.9. The predicted octanol–water partition coefficient (Wildman–Crippen LogP) is 5.62. The van der Waals surface area contributed by atoms with E-state index in [0.717, 1.165) is 55.7 Å². The molecule has 0 spiro atoms. The van der Waals surface area contributed by atoms with Gasteiger partial charge in [0, 0.05) is 19.0 Å². The minimum Gasteiger partial charge on any atom is -0.465 e. The van der Waals surface area contributed by atoms with E-state index in [4.69, 9.17) is 4.74 Å². The molecule has 1 aromatic carbocycles. The van der Waals surface area contributed by atoms with E-state index in [9.17, 15) is 31.2 Å². The number of ether oxygens (including phenoxy) is 1. The van der Waals surface area contributed by atoms with Gasteiger partial charge in [-0.3, -0.25) is 14.2 Å². The van der Waals surface area contributed by atoms with Crippen molar-refractivity contribution in [1.29, 1.82) is 0 Å². The Balaban J connectivity index is 1.86. The lowest BCUT2D eigenvalue weighted by Gasteiger charge is -2.26. The van der Waals surface area contributed by atoms with Gasteiger partial charge in [0.1, 0.15) is 0 Å². The lowest BCUT2D eigenvalue weighted by molar-refractivity contribution is -0.156. The standard InChI is InChI=1S/C25H33F3N2O5S2/c1-17(2)24(3,4)22(32)35-14-8-6-7-9-15-36-23-29-16-20(21(31)30(23)5)18-10-12-19(13-11-18)37(33,34)25(26,27)28/h10-13,16-17H,6-9,14-15H2,1-5H3. The van der Waals surface area contributed by atoms with Gasteiger partial charge in [-0.1, -0.05) is 50.6 Å². The van der Waals surface area contributed by atoms with Crippen LogP contribution in [0.4, 0.5) is 13.2 Å². The number of benzene rings is 1. The van der Waals surface area contributed by atoms with Crippen molar-refractivity contribution in [3.8, 4) is 11.1 Å². The summed E-state index contributed by atoms with van der Waals surface area (Å²) < 4.78 is 68.0. The number of nitrogens with zero attached hydrogens (tertiary/aromatic N) is 2. The van der Waals surface area contributed by atoms with Crippen molar-refractivity contribution < 1.29 is 31.1 Å². The fraction of sp³-hybridized carbons (Fsp3) is 0.560. The largest absolute Gasteiger partial charge is 0.501 e. The number of aromatic nitrogens is 2. The molecule has 12 heteroatoms. The van der Waals surface area contributed by atoms with Gasteiger partial charge < -0.3 is 4.74 Å². The Morgan fingerprint density at radius 3 is 2.24 bits per heavy atom. The van der Waals surface area contributed by atoms with Crippen LogP contribution in [0.3, 0.4) is 0 Å². The smallest absolute Gasteiger partial charge is 0.465 e. The predicted molar refractivity (Wildman–Crippen MR) is 137 cm³/mol. The van der Waals surface area contributed by atoms with Crippen molar-refractivity contribution in [2.75, 3.05) is 12.4 Å². The third-order valence-electron chi connectivity index (χ3n) is 6.38. The lowest BCUT2D eigenvalue weighted by atomic mass is 9.81. The Hall–Kier alpha value is -2.34. The topological polar surface area (TPSA) is 95.3 Å². The molecule has 0 amide bonds. The molecule has 206 valence electrons. The monoisotopic (exact) mass is 562 g/mol. The van der Waals surface area contributed by atoms with Crippen molar-refractivity contribution in [2.24, 2.45) is 18.4 Å². The highest BCUT2D eigenvalue weighted by Crippen LogP contribution is 2.31. The van der Waals surface area contributed by atoms with Crippen LogP contribution in [0.15, 0.2) is 45.3 Å². The number of alkyl halides is 3. The maximum atomic E-state index is 12.8. The van der Waals surface area contributed by atoms with E-state index in [1.807, 2.05) is 27.7 Å². The first-order chi connectivity index (χ1) is 17.1. The normalized spacial score (nSPS) is 12.7. The molecule has 0 aliphatic heterocycles. The summed E-state index contributed by atoms with van der Waals surface area (Å²) in [7, 11) is -3.91. The van der Waals surface area contributed by atoms with Gasteiger partial charge in [-0.2, -0.15) is 13.2 Å². The second-order valence-corrected chi connectivity index (χ2v) is 12.6. The second-order valence-electron chi connectivity index (χ2n) is 9.57. The number of unbranched alkanes of at least 4 members (excludes halogenated alkanes) is 3. The molecule has 0 N–H and O–H groups in total. The molecule has 1 aromatic heterocycles. The summed E-state index contributed by atoms with van der Waals surface area (Å²) in [5, 5.41) is 0.495. The number of esters is 1. The van der Waals surface area contributed by atoms with Crippen molar-refractivity contribution in [1.82, 2.24) is 9.55 Å². The second kappa shape index (κ2) is 12.5. The summed E-state index contributed by atoms with van der Waals surface area (Å²) in [6.07, 6.45) is 4.82. The molecule has 0 unspecified atom stereocenters. The van der Waals surface area contributed by atoms with Crippen LogP contribution in [0.5, 0.6) is 0 Å². The molecule has 0 saturated carbocycles. The Bertz CT molecular complexity index is 1240. The Kier molecular flexibility index (Phi) is 10.4. The molecule has 7 nitrogen and oxygen atoms in total. The molecule has 0 bridgehead atoms. The summed E-state index contributed by atoms with van der Waals surface area (Å²) in [6, 6.07) is 3.97. The number of rotatable bonds is 12. The lowest BCUT2D eigenvalue weighted by Crippen LogP contribution is -2.32. The maximum Gasteiger partial charge on any atom is 0.501 e. The van der Waals surface area contributed by atoms with Gasteiger partial charge in [-0.25, -0.2) is 13.4 Å². The van der Waals surface area contributed by atoms with Gasteiger partial charge in [0.2, 0.25) is 0 Å². The molecule has 2 aromatic rings. The molecule has 37 heavy (non-hydrogen) atoms. The zero-order valence-electron chi connectivity index (χ0n) is 21.6. The summed E-state index contributed by atoms with van der Waals surface area (Å²) in [5.41, 5.74) is -5.88. The van der Waals surface area contributed by atoms with Crippen molar-refractivity contribution >= 4 is 27.6 Å². The fourth-order valence-electron chi connectivity index (χ4n) is 3.12. The number of carbonyl (C=O) groups excluding carboxylic acids is 1. The minimum atomic E-state index is -5.46. The van der Waals surface area contributed by atoms with Crippen molar-refractivity contribution in [3.05, 3.63) is 40.8 Å². The van der Waals surface area contributed by atoms with E-state index in [0.29, 0.717) is 11.8 Å². The van der Waals surface area contributed by atoms with Gasteiger partial charge in [0.25, 0.3) is 15.4 Å². The molecule has 1 heterocycles. The van der Waals surface area contributed by atoms with E-state index in [1.165, 1.54) is 22.5 Å². The third kappa shape index (κ3) is 7.59. The van der Waals surface area contributed by atoms with E-state index in [1.54, 1.807) is 7.05 Å². The van der Waals surface area contributed by atoms with E-state index in [2.05, 4.69) is 4.98 Å². The summed E-state index contributed by atoms with van der Waals surface area (Å²) in [4.78, 5) is 28.3. The van der Waals surface area contributed by atoms with E-state index in [-0.39, 0.29) is 23.0 Å². The number of thioether (sulfide) groups is 1. The van der Waals surface area contributed by atoms with Crippen LogP contribution < -0.4 is 5.56 Å². The zero-order chi connectivity index (χ0) is 28.0. The third-order valence-corrected chi connectivity index (χ3v) is 9.01. The fourth-order valence-corrected chi connectivity index (χ4v) is 4.81. The van der Waals surface area contributed by atoms with Gasteiger partial charge in [-0.15, -0.1) is 0 Å². The molecular weight excluding hydrogens is 529 g/mol. The van der Waals surface area contributed by atoms with Crippen LogP contribution in [0.1, 0.15) is 53.4 Å². The first kappa shape index (κ1) is 30.9. The number of halogens is 3. The summed E-state index contributed by atoms with van der Waals surface area (Å²) >= 11 is 1.41. The number of sulfone groups is 1. The van der Waals surface area contributed by atoms with Gasteiger partial charge in [0.05, 0.1) is 22.5 Å². The quantitative estimate of drug-likeness (QED) is 0.143. The van der Waals surface area contributed by atoms with Crippen LogP contribution >= 0.6 is 11.8 Å². The number of hydrogen-bond acceptors (Lipinski definition) is 7. The number of hydrogen-bond donors (Lipinski definition) is 0. The van der Waals surface area contributed by atoms with Crippen LogP contribution in [0.2, 0.25) is 0 Å². The molecule has 0 aliphatic carbocycles. The average molecular weight is 563 g/mol.